The van der Waals surface area contributed by atoms with Crippen LogP contribution in [-0.2, 0) is 11.2 Å². The molecular weight excluding hydrogens is 350 g/mol. The van der Waals surface area contributed by atoms with Crippen molar-refractivity contribution in [3.8, 4) is 0 Å². The molecule has 0 spiro atoms. The first-order chi connectivity index (χ1) is 13.3. The number of nitrogens with one attached hydrogen (secondary N) is 1. The lowest BCUT2D eigenvalue weighted by molar-refractivity contribution is 0.0491. The maximum atomic E-state index is 13.1. The fourth-order valence-electron chi connectivity index (χ4n) is 3.15. The van der Waals surface area contributed by atoms with Crippen LogP contribution in [-0.4, -0.2) is 23.5 Å². The van der Waals surface area contributed by atoms with Gasteiger partial charge in [0.05, 0.1) is 6.04 Å². The molecule has 144 valence electrons. The third kappa shape index (κ3) is 4.97. The van der Waals surface area contributed by atoms with Gasteiger partial charge in [-0.3, -0.25) is 4.79 Å². The Labute approximate surface area is 165 Å². The van der Waals surface area contributed by atoms with Gasteiger partial charge in [-0.2, -0.15) is 0 Å². The molecule has 3 rings (SSSR count). The number of Topliss-reactive ketones (excluding diaryl/α,β-unsaturated/α-hetero) is 1. The number of rotatable bonds is 5. The van der Waals surface area contributed by atoms with E-state index in [0.29, 0.717) is 12.0 Å². The molecule has 3 aromatic carbocycles. The van der Waals surface area contributed by atoms with Gasteiger partial charge < -0.3 is 10.1 Å². The monoisotopic (exact) mass is 375 g/mol. The standard InChI is InChI=1S/C24H25NO3/c1-24(2,3)28-23(27)25-21(22(26)18-11-5-4-6-12-18)16-19-14-9-13-17-10-7-8-15-20(17)19/h4-15,21H,16H2,1-3H3,(H,25,27)/t21-/m1/s1. The van der Waals surface area contributed by atoms with Crippen LogP contribution >= 0.6 is 0 Å². The summed E-state index contributed by atoms with van der Waals surface area (Å²) in [5.74, 6) is -0.139. The summed E-state index contributed by atoms with van der Waals surface area (Å²) in [4.78, 5) is 25.5. The molecular formula is C24H25NO3. The number of ether oxygens (including phenoxy) is 1. The van der Waals surface area contributed by atoms with Crippen molar-refractivity contribution in [3.05, 3.63) is 83.9 Å². The van der Waals surface area contributed by atoms with Crippen molar-refractivity contribution in [2.24, 2.45) is 0 Å². The number of hydrogen-bond donors (Lipinski definition) is 1. The highest BCUT2D eigenvalue weighted by molar-refractivity contribution is 6.02. The van der Waals surface area contributed by atoms with Crippen LogP contribution in [0.15, 0.2) is 72.8 Å². The fourth-order valence-corrected chi connectivity index (χ4v) is 3.15. The van der Waals surface area contributed by atoms with Crippen molar-refractivity contribution in [1.82, 2.24) is 5.32 Å². The predicted molar refractivity (Wildman–Crippen MR) is 112 cm³/mol. The summed E-state index contributed by atoms with van der Waals surface area (Å²) in [6.45, 7) is 5.39. The number of amides is 1. The second kappa shape index (κ2) is 8.26. The van der Waals surface area contributed by atoms with E-state index in [1.165, 1.54) is 0 Å². The van der Waals surface area contributed by atoms with Crippen LogP contribution in [0.1, 0.15) is 36.7 Å². The summed E-state index contributed by atoms with van der Waals surface area (Å²) in [5, 5.41) is 4.95. The number of hydrogen-bond acceptors (Lipinski definition) is 3. The molecule has 1 N–H and O–H groups in total. The minimum Gasteiger partial charge on any atom is -0.444 e. The van der Waals surface area contributed by atoms with Crippen LogP contribution in [0, 0.1) is 0 Å². The first-order valence-electron chi connectivity index (χ1n) is 9.39. The van der Waals surface area contributed by atoms with Gasteiger partial charge in [0.1, 0.15) is 5.60 Å². The Morgan fingerprint density at radius 1 is 0.893 bits per heavy atom. The Hall–Kier alpha value is -3.14. The van der Waals surface area contributed by atoms with Crippen LogP contribution in [0.2, 0.25) is 0 Å². The van der Waals surface area contributed by atoms with Gasteiger partial charge in [-0.1, -0.05) is 72.8 Å². The largest absolute Gasteiger partial charge is 0.444 e. The van der Waals surface area contributed by atoms with Crippen molar-refractivity contribution in [2.75, 3.05) is 0 Å². The maximum Gasteiger partial charge on any atom is 0.408 e. The van der Waals surface area contributed by atoms with Gasteiger partial charge in [0.15, 0.2) is 5.78 Å². The quantitative estimate of drug-likeness (QED) is 0.627. The number of fused-ring (bicyclic) bond motifs is 1. The molecule has 0 saturated heterocycles. The fraction of sp³-hybridized carbons (Fsp3) is 0.250. The van der Waals surface area contributed by atoms with E-state index in [2.05, 4.69) is 5.32 Å². The SMILES string of the molecule is CC(C)(C)OC(=O)N[C@H](Cc1cccc2ccccc12)C(=O)c1ccccc1. The average molecular weight is 375 g/mol. The van der Waals surface area contributed by atoms with E-state index in [1.54, 1.807) is 32.9 Å². The summed E-state index contributed by atoms with van der Waals surface area (Å²) in [7, 11) is 0. The molecule has 4 heteroatoms. The molecule has 4 nitrogen and oxygen atoms in total. The molecule has 1 amide bonds. The minimum absolute atomic E-state index is 0.139. The van der Waals surface area contributed by atoms with E-state index in [1.807, 2.05) is 60.7 Å². The van der Waals surface area contributed by atoms with Crippen LogP contribution < -0.4 is 5.32 Å². The van der Waals surface area contributed by atoms with E-state index in [4.69, 9.17) is 4.74 Å². The van der Waals surface area contributed by atoms with E-state index in [-0.39, 0.29) is 5.78 Å². The highest BCUT2D eigenvalue weighted by atomic mass is 16.6. The highest BCUT2D eigenvalue weighted by Crippen LogP contribution is 2.21. The molecule has 0 radical (unpaired) electrons. The molecule has 0 saturated carbocycles. The molecule has 0 aliphatic heterocycles. The molecule has 0 unspecified atom stereocenters. The van der Waals surface area contributed by atoms with Crippen LogP contribution in [0.3, 0.4) is 0 Å². The van der Waals surface area contributed by atoms with E-state index in [9.17, 15) is 9.59 Å². The summed E-state index contributed by atoms with van der Waals surface area (Å²) in [6, 6.07) is 22.3. The molecule has 0 aliphatic rings. The summed E-state index contributed by atoms with van der Waals surface area (Å²) >= 11 is 0. The Balaban J connectivity index is 1.91. The van der Waals surface area contributed by atoms with Crippen LogP contribution in [0.25, 0.3) is 10.8 Å². The normalized spacial score (nSPS) is 12.4. The van der Waals surface area contributed by atoms with Gasteiger partial charge >= 0.3 is 6.09 Å². The maximum absolute atomic E-state index is 13.1. The first-order valence-corrected chi connectivity index (χ1v) is 9.39. The zero-order valence-corrected chi connectivity index (χ0v) is 16.4. The molecule has 28 heavy (non-hydrogen) atoms. The predicted octanol–water partition coefficient (Wildman–Crippen LogP) is 5.16. The van der Waals surface area contributed by atoms with E-state index in [0.717, 1.165) is 16.3 Å². The average Bonchev–Trinajstić information content (AvgIpc) is 2.66. The van der Waals surface area contributed by atoms with Crippen molar-refractivity contribution in [1.29, 1.82) is 0 Å². The summed E-state index contributed by atoms with van der Waals surface area (Å²) < 4.78 is 5.38. The molecule has 0 aliphatic carbocycles. The Morgan fingerprint density at radius 3 is 2.25 bits per heavy atom. The van der Waals surface area contributed by atoms with Gasteiger partial charge in [-0.15, -0.1) is 0 Å². The van der Waals surface area contributed by atoms with E-state index < -0.39 is 17.7 Å². The Morgan fingerprint density at radius 2 is 1.54 bits per heavy atom. The van der Waals surface area contributed by atoms with E-state index >= 15 is 0 Å². The third-order valence-electron chi connectivity index (χ3n) is 4.37. The van der Waals surface area contributed by atoms with Gasteiger partial charge in [-0.05, 0) is 37.1 Å². The topological polar surface area (TPSA) is 55.4 Å². The summed E-state index contributed by atoms with van der Waals surface area (Å²) in [6.07, 6.45) is -0.212. The molecule has 0 fully saturated rings. The molecule has 0 heterocycles. The number of carbonyl (C=O) groups is 2. The zero-order chi connectivity index (χ0) is 20.1. The van der Waals surface area contributed by atoms with Crippen molar-refractivity contribution in [2.45, 2.75) is 38.8 Å². The number of carbonyl (C=O) groups excluding carboxylic acids is 2. The number of benzene rings is 3. The second-order valence-electron chi connectivity index (χ2n) is 7.77. The molecule has 3 aromatic rings. The van der Waals surface area contributed by atoms with Gasteiger partial charge in [0, 0.05) is 12.0 Å². The van der Waals surface area contributed by atoms with Gasteiger partial charge in [-0.25, -0.2) is 4.79 Å². The van der Waals surface area contributed by atoms with Gasteiger partial charge in [0.25, 0.3) is 0 Å². The van der Waals surface area contributed by atoms with Crippen LogP contribution in [0.5, 0.6) is 0 Å². The second-order valence-corrected chi connectivity index (χ2v) is 7.77. The van der Waals surface area contributed by atoms with Crippen molar-refractivity contribution < 1.29 is 14.3 Å². The molecule has 1 atom stereocenters. The third-order valence-corrected chi connectivity index (χ3v) is 4.37. The van der Waals surface area contributed by atoms with Crippen molar-refractivity contribution in [3.63, 3.8) is 0 Å². The smallest absolute Gasteiger partial charge is 0.408 e. The Bertz CT molecular complexity index is 969. The lowest BCUT2D eigenvalue weighted by atomic mass is 9.94. The lowest BCUT2D eigenvalue weighted by Gasteiger charge is -2.23. The highest BCUT2D eigenvalue weighted by Gasteiger charge is 2.26. The summed E-state index contributed by atoms with van der Waals surface area (Å²) in [5.41, 5.74) is 0.927. The minimum atomic E-state index is -0.719. The lowest BCUT2D eigenvalue weighted by Crippen LogP contribution is -2.44. The Kier molecular flexibility index (Phi) is 5.78. The van der Waals surface area contributed by atoms with Gasteiger partial charge in [0.2, 0.25) is 0 Å². The van der Waals surface area contributed by atoms with Crippen molar-refractivity contribution >= 4 is 22.6 Å². The first kappa shape index (κ1) is 19.6. The molecule has 0 aromatic heterocycles. The number of alkyl carbamates (subject to hydrolysis) is 1. The number of ketones is 1. The molecule has 0 bridgehead atoms. The van der Waals surface area contributed by atoms with Crippen LogP contribution in [0.4, 0.5) is 4.79 Å². The zero-order valence-electron chi connectivity index (χ0n) is 16.4.